The van der Waals surface area contributed by atoms with E-state index in [0.29, 0.717) is 16.6 Å². The van der Waals surface area contributed by atoms with E-state index in [0.717, 1.165) is 20.3 Å². The average molecular weight is 472 g/mol. The molecule has 0 aliphatic heterocycles. The van der Waals surface area contributed by atoms with Gasteiger partial charge in [-0.25, -0.2) is 0 Å². The lowest BCUT2D eigenvalue weighted by Gasteiger charge is -2.38. The van der Waals surface area contributed by atoms with Gasteiger partial charge in [-0.05, 0) is 78.3 Å². The van der Waals surface area contributed by atoms with Crippen molar-refractivity contribution in [1.29, 1.82) is 0 Å². The zero-order valence-corrected chi connectivity index (χ0v) is 19.9. The molecule has 0 saturated carbocycles. The summed E-state index contributed by atoms with van der Waals surface area (Å²) in [7, 11) is -0.0682. The molecular formula is C20H28Br2OSi. The molecule has 0 N–H and O–H groups in total. The molecule has 0 spiro atoms. The van der Waals surface area contributed by atoms with Crippen LogP contribution in [0.3, 0.4) is 0 Å². The van der Waals surface area contributed by atoms with Crippen molar-refractivity contribution in [3.63, 3.8) is 0 Å². The van der Waals surface area contributed by atoms with E-state index in [4.69, 9.17) is 4.74 Å². The quantitative estimate of drug-likeness (QED) is 0.321. The van der Waals surface area contributed by atoms with E-state index in [1.54, 1.807) is 7.11 Å². The number of allylic oxidation sites excluding steroid dienone is 1. The molecule has 1 aromatic rings. The SMILES string of the molecule is COc1ccc(C(C#C[Si](C(C)C)(C(C)C)C(C)C)=C(Br)Br)cc1. The fourth-order valence-electron chi connectivity index (χ4n) is 3.59. The van der Waals surface area contributed by atoms with Crippen LogP contribution in [0.1, 0.15) is 47.1 Å². The van der Waals surface area contributed by atoms with E-state index in [1.165, 1.54) is 0 Å². The fourth-order valence-corrected chi connectivity index (χ4v) is 9.45. The van der Waals surface area contributed by atoms with Crippen LogP contribution in [0.25, 0.3) is 5.57 Å². The van der Waals surface area contributed by atoms with Crippen molar-refractivity contribution in [1.82, 2.24) is 0 Å². The van der Waals surface area contributed by atoms with Crippen LogP contribution >= 0.6 is 31.9 Å². The molecule has 4 heteroatoms. The standard InChI is InChI=1S/C20H28Br2OSi/c1-14(2)24(15(3)4,16(5)6)13-12-19(20(21)22)17-8-10-18(23-7)11-9-17/h8-11,14-16H,1-7H3. The normalized spacial score (nSPS) is 11.5. The highest BCUT2D eigenvalue weighted by Crippen LogP contribution is 2.41. The summed E-state index contributed by atoms with van der Waals surface area (Å²) in [5.74, 6) is 4.37. The summed E-state index contributed by atoms with van der Waals surface area (Å²) in [4.78, 5) is 0. The van der Waals surface area contributed by atoms with Gasteiger partial charge in [0.25, 0.3) is 0 Å². The van der Waals surface area contributed by atoms with Gasteiger partial charge in [0.15, 0.2) is 0 Å². The van der Waals surface area contributed by atoms with Gasteiger partial charge in [-0.3, -0.25) is 0 Å². The van der Waals surface area contributed by atoms with Gasteiger partial charge in [-0.1, -0.05) is 47.5 Å². The van der Waals surface area contributed by atoms with Gasteiger partial charge < -0.3 is 4.74 Å². The number of hydrogen-bond acceptors (Lipinski definition) is 1. The van der Waals surface area contributed by atoms with E-state index >= 15 is 0 Å². The second-order valence-corrected chi connectivity index (χ2v) is 15.2. The van der Waals surface area contributed by atoms with Gasteiger partial charge >= 0.3 is 0 Å². The lowest BCUT2D eigenvalue weighted by Crippen LogP contribution is -2.43. The first-order valence-electron chi connectivity index (χ1n) is 8.39. The molecule has 0 aliphatic carbocycles. The van der Waals surface area contributed by atoms with E-state index < -0.39 is 8.07 Å². The number of benzene rings is 1. The maximum atomic E-state index is 5.25. The van der Waals surface area contributed by atoms with Crippen LogP contribution in [0.4, 0.5) is 0 Å². The molecule has 1 aromatic carbocycles. The molecule has 1 rings (SSSR count). The van der Waals surface area contributed by atoms with Crippen LogP contribution in [0.2, 0.25) is 16.6 Å². The Morgan fingerprint density at radius 3 is 1.71 bits per heavy atom. The Morgan fingerprint density at radius 2 is 1.38 bits per heavy atom. The van der Waals surface area contributed by atoms with Crippen molar-refractivity contribution in [3.05, 3.63) is 33.2 Å². The zero-order chi connectivity index (χ0) is 18.5. The first-order valence-corrected chi connectivity index (χ1v) is 12.2. The van der Waals surface area contributed by atoms with Crippen LogP contribution in [-0.2, 0) is 0 Å². The molecule has 0 amide bonds. The second-order valence-electron chi connectivity index (χ2n) is 7.01. The van der Waals surface area contributed by atoms with E-state index in [9.17, 15) is 0 Å². The molecule has 24 heavy (non-hydrogen) atoms. The Kier molecular flexibility index (Phi) is 8.32. The van der Waals surface area contributed by atoms with E-state index in [1.807, 2.05) is 12.1 Å². The highest BCUT2D eigenvalue weighted by molar-refractivity contribution is 9.28. The molecule has 0 fully saturated rings. The minimum atomic E-state index is -1.75. The summed E-state index contributed by atoms with van der Waals surface area (Å²) in [5.41, 5.74) is 7.73. The summed E-state index contributed by atoms with van der Waals surface area (Å²) >= 11 is 7.14. The highest BCUT2D eigenvalue weighted by atomic mass is 79.9. The summed E-state index contributed by atoms with van der Waals surface area (Å²) < 4.78 is 6.14. The Hall–Kier alpha value is -0.503. The van der Waals surface area contributed by atoms with Gasteiger partial charge in [-0.15, -0.1) is 5.54 Å². The van der Waals surface area contributed by atoms with Crippen LogP contribution in [0.5, 0.6) is 5.75 Å². The third kappa shape index (κ3) is 4.77. The largest absolute Gasteiger partial charge is 0.497 e. The highest BCUT2D eigenvalue weighted by Gasteiger charge is 2.41. The molecular weight excluding hydrogens is 444 g/mol. The Bertz CT molecular complexity index is 608. The molecule has 0 unspecified atom stereocenters. The summed E-state index contributed by atoms with van der Waals surface area (Å²) in [5, 5.41) is 0. The van der Waals surface area contributed by atoms with Crippen molar-refractivity contribution in [2.45, 2.75) is 58.2 Å². The van der Waals surface area contributed by atoms with Crippen molar-refractivity contribution < 1.29 is 4.74 Å². The molecule has 0 saturated heterocycles. The maximum absolute atomic E-state index is 5.25. The van der Waals surface area contributed by atoms with Crippen molar-refractivity contribution in [3.8, 4) is 17.2 Å². The third-order valence-electron chi connectivity index (χ3n) is 4.84. The van der Waals surface area contributed by atoms with Gasteiger partial charge in [0.1, 0.15) is 13.8 Å². The number of hydrogen-bond donors (Lipinski definition) is 0. The van der Waals surface area contributed by atoms with Crippen molar-refractivity contribution in [2.24, 2.45) is 0 Å². The molecule has 0 aromatic heterocycles. The first-order chi connectivity index (χ1) is 11.2. The third-order valence-corrected chi connectivity index (χ3v) is 11.9. The molecule has 0 aliphatic rings. The molecule has 0 radical (unpaired) electrons. The van der Waals surface area contributed by atoms with E-state index in [2.05, 4.69) is 97.0 Å². The monoisotopic (exact) mass is 470 g/mol. The van der Waals surface area contributed by atoms with Gasteiger partial charge in [0.2, 0.25) is 0 Å². The first kappa shape index (κ1) is 21.5. The van der Waals surface area contributed by atoms with Gasteiger partial charge in [0.05, 0.1) is 16.1 Å². The lowest BCUT2D eigenvalue weighted by atomic mass is 10.1. The average Bonchev–Trinajstić information content (AvgIpc) is 2.50. The number of methoxy groups -OCH3 is 1. The predicted octanol–water partition coefficient (Wildman–Crippen LogP) is 7.38. The number of ether oxygens (including phenoxy) is 1. The van der Waals surface area contributed by atoms with Gasteiger partial charge in [0, 0.05) is 0 Å². The zero-order valence-electron chi connectivity index (χ0n) is 15.7. The van der Waals surface area contributed by atoms with Crippen LogP contribution in [0, 0.1) is 11.5 Å². The Labute approximate surface area is 165 Å². The summed E-state index contributed by atoms with van der Waals surface area (Å²) in [6, 6.07) is 8.04. The summed E-state index contributed by atoms with van der Waals surface area (Å²) in [6.45, 7) is 14.0. The molecule has 132 valence electrons. The fraction of sp³-hybridized carbons (Fsp3) is 0.500. The van der Waals surface area contributed by atoms with Crippen LogP contribution < -0.4 is 4.74 Å². The summed E-state index contributed by atoms with van der Waals surface area (Å²) in [6.07, 6.45) is 0. The Morgan fingerprint density at radius 1 is 0.917 bits per heavy atom. The molecule has 0 bridgehead atoms. The molecule has 0 atom stereocenters. The smallest absolute Gasteiger partial charge is 0.146 e. The number of rotatable bonds is 5. The van der Waals surface area contributed by atoms with Crippen LogP contribution in [0.15, 0.2) is 27.7 Å². The molecule has 0 heterocycles. The van der Waals surface area contributed by atoms with Crippen molar-refractivity contribution in [2.75, 3.05) is 7.11 Å². The lowest BCUT2D eigenvalue weighted by molar-refractivity contribution is 0.415. The second kappa shape index (κ2) is 9.27. The molecule has 1 nitrogen and oxygen atoms in total. The number of halogens is 2. The van der Waals surface area contributed by atoms with E-state index in [-0.39, 0.29) is 0 Å². The van der Waals surface area contributed by atoms with Crippen molar-refractivity contribution >= 4 is 45.5 Å². The van der Waals surface area contributed by atoms with Crippen LogP contribution in [-0.4, -0.2) is 15.2 Å². The predicted molar refractivity (Wildman–Crippen MR) is 117 cm³/mol. The van der Waals surface area contributed by atoms with Gasteiger partial charge in [-0.2, -0.15) is 0 Å². The topological polar surface area (TPSA) is 9.23 Å². The Balaban J connectivity index is 3.40. The minimum Gasteiger partial charge on any atom is -0.497 e. The minimum absolute atomic E-state index is 0.621. The maximum Gasteiger partial charge on any atom is 0.146 e.